The van der Waals surface area contributed by atoms with Crippen LogP contribution in [0.4, 0.5) is 5.69 Å². The molecule has 1 aromatic carbocycles. The van der Waals surface area contributed by atoms with Crippen LogP contribution >= 0.6 is 0 Å². The summed E-state index contributed by atoms with van der Waals surface area (Å²) in [6, 6.07) is 10.2. The van der Waals surface area contributed by atoms with Gasteiger partial charge < -0.3 is 10.4 Å². The summed E-state index contributed by atoms with van der Waals surface area (Å²) in [6.45, 7) is 21.5. The fraction of sp³-hybridized carbons (Fsp3) is 0.577. The Kier molecular flexibility index (Phi) is 8.32. The predicted octanol–water partition coefficient (Wildman–Crippen LogP) is 7.54. The first-order chi connectivity index (χ1) is 13.3. The zero-order chi connectivity index (χ0) is 22.5. The molecule has 162 valence electrons. The van der Waals surface area contributed by atoms with Gasteiger partial charge in [0.25, 0.3) is 0 Å². The second-order valence-electron chi connectivity index (χ2n) is 10.2. The van der Waals surface area contributed by atoms with Crippen LogP contribution in [0.1, 0.15) is 98.9 Å². The molecule has 2 N–H and O–H groups in total. The summed E-state index contributed by atoms with van der Waals surface area (Å²) in [4.78, 5) is 4.55. The number of rotatable bonds is 4. The Labute approximate surface area is 179 Å². The highest BCUT2D eigenvalue weighted by molar-refractivity contribution is 5.65. The van der Waals surface area contributed by atoms with Gasteiger partial charge >= 0.3 is 0 Å². The van der Waals surface area contributed by atoms with Gasteiger partial charge in [-0.15, -0.1) is 0 Å². The van der Waals surface area contributed by atoms with E-state index in [0.717, 1.165) is 23.4 Å². The molecule has 1 atom stereocenters. The highest BCUT2D eigenvalue weighted by atomic mass is 16.3. The van der Waals surface area contributed by atoms with E-state index in [1.165, 1.54) is 12.0 Å². The molecule has 0 saturated carbocycles. The first-order valence-corrected chi connectivity index (χ1v) is 10.9. The van der Waals surface area contributed by atoms with Crippen LogP contribution in [-0.4, -0.2) is 10.1 Å². The summed E-state index contributed by atoms with van der Waals surface area (Å²) in [5.41, 5.74) is 3.42. The number of benzene rings is 1. The molecular formula is C26H42N2O. The van der Waals surface area contributed by atoms with Gasteiger partial charge in [-0.3, -0.25) is 4.98 Å². The average Bonchev–Trinajstić information content (AvgIpc) is 2.62. The SMILES string of the molecule is CCC.CCC(C)(Nc1cc(C(C)(C)C)cc(C(C)(C)C)c1O)c1ccccn1. The average molecular weight is 399 g/mol. The first kappa shape index (κ1) is 25.0. The van der Waals surface area contributed by atoms with Crippen LogP contribution in [0.3, 0.4) is 0 Å². The maximum absolute atomic E-state index is 11.0. The zero-order valence-corrected chi connectivity index (χ0v) is 20.3. The Hall–Kier alpha value is -2.03. The van der Waals surface area contributed by atoms with Crippen LogP contribution < -0.4 is 5.32 Å². The molecule has 0 bridgehead atoms. The van der Waals surface area contributed by atoms with Gasteiger partial charge in [-0.2, -0.15) is 0 Å². The number of anilines is 1. The third-order valence-electron chi connectivity index (χ3n) is 5.13. The van der Waals surface area contributed by atoms with E-state index in [0.29, 0.717) is 5.75 Å². The molecule has 0 spiro atoms. The van der Waals surface area contributed by atoms with Crippen molar-refractivity contribution in [3.05, 3.63) is 53.3 Å². The van der Waals surface area contributed by atoms with Crippen molar-refractivity contribution in [1.29, 1.82) is 0 Å². The number of hydrogen-bond donors (Lipinski definition) is 2. The molecule has 0 amide bonds. The fourth-order valence-corrected chi connectivity index (χ4v) is 3.05. The van der Waals surface area contributed by atoms with Crippen LogP contribution in [0.15, 0.2) is 36.5 Å². The summed E-state index contributed by atoms with van der Waals surface area (Å²) in [6.07, 6.45) is 3.92. The predicted molar refractivity (Wildman–Crippen MR) is 127 cm³/mol. The number of phenols is 1. The van der Waals surface area contributed by atoms with Crippen molar-refractivity contribution >= 4 is 5.69 Å². The molecule has 0 radical (unpaired) electrons. The van der Waals surface area contributed by atoms with Crippen molar-refractivity contribution in [1.82, 2.24) is 4.98 Å². The highest BCUT2D eigenvalue weighted by Gasteiger charge is 2.30. The molecule has 3 nitrogen and oxygen atoms in total. The minimum atomic E-state index is -0.357. The summed E-state index contributed by atoms with van der Waals surface area (Å²) in [7, 11) is 0. The van der Waals surface area contributed by atoms with Crippen molar-refractivity contribution in [3.8, 4) is 5.75 Å². The molecule has 29 heavy (non-hydrogen) atoms. The van der Waals surface area contributed by atoms with Crippen LogP contribution in [0, 0.1) is 0 Å². The monoisotopic (exact) mass is 398 g/mol. The van der Waals surface area contributed by atoms with Gasteiger partial charge in [0, 0.05) is 11.8 Å². The topological polar surface area (TPSA) is 45.1 Å². The van der Waals surface area contributed by atoms with E-state index in [4.69, 9.17) is 0 Å². The van der Waals surface area contributed by atoms with Crippen LogP contribution in [0.2, 0.25) is 0 Å². The van der Waals surface area contributed by atoms with Gasteiger partial charge in [0.15, 0.2) is 0 Å². The number of phenolic OH excluding ortho intramolecular Hbond substituents is 1. The molecule has 1 heterocycles. The largest absolute Gasteiger partial charge is 0.505 e. The Morgan fingerprint density at radius 2 is 1.48 bits per heavy atom. The third kappa shape index (κ3) is 6.48. The molecule has 3 heteroatoms. The molecule has 0 aliphatic carbocycles. The van der Waals surface area contributed by atoms with Gasteiger partial charge in [-0.1, -0.05) is 80.9 Å². The molecule has 1 aromatic heterocycles. The first-order valence-electron chi connectivity index (χ1n) is 10.9. The Bertz CT molecular complexity index is 770. The number of pyridine rings is 1. The lowest BCUT2D eigenvalue weighted by Crippen LogP contribution is -2.32. The summed E-state index contributed by atoms with van der Waals surface area (Å²) >= 11 is 0. The van der Waals surface area contributed by atoms with E-state index in [2.05, 4.69) is 91.7 Å². The fourth-order valence-electron chi connectivity index (χ4n) is 3.05. The molecule has 2 rings (SSSR count). The second-order valence-corrected chi connectivity index (χ2v) is 10.2. The van der Waals surface area contributed by atoms with E-state index in [1.807, 2.05) is 24.4 Å². The Balaban J connectivity index is 0.00000132. The van der Waals surface area contributed by atoms with E-state index < -0.39 is 0 Å². The number of hydrogen-bond acceptors (Lipinski definition) is 3. The lowest BCUT2D eigenvalue weighted by atomic mass is 9.79. The van der Waals surface area contributed by atoms with Crippen molar-refractivity contribution < 1.29 is 5.11 Å². The maximum atomic E-state index is 11.0. The number of nitrogens with zero attached hydrogens (tertiary/aromatic N) is 1. The normalized spacial score (nSPS) is 13.9. The van der Waals surface area contributed by atoms with Crippen LogP contribution in [0.25, 0.3) is 0 Å². The molecular weight excluding hydrogens is 356 g/mol. The summed E-state index contributed by atoms with van der Waals surface area (Å²) < 4.78 is 0. The van der Waals surface area contributed by atoms with Crippen molar-refractivity contribution in [2.75, 3.05) is 5.32 Å². The van der Waals surface area contributed by atoms with E-state index >= 15 is 0 Å². The minimum Gasteiger partial charge on any atom is -0.505 e. The molecule has 2 aromatic rings. The number of aromatic hydroxyl groups is 1. The van der Waals surface area contributed by atoms with E-state index in [1.54, 1.807) is 0 Å². The highest BCUT2D eigenvalue weighted by Crippen LogP contribution is 2.42. The summed E-state index contributed by atoms with van der Waals surface area (Å²) in [5, 5.41) is 14.6. The molecule has 1 unspecified atom stereocenters. The lowest BCUT2D eigenvalue weighted by Gasteiger charge is -2.33. The quantitative estimate of drug-likeness (QED) is 0.523. The number of aromatic nitrogens is 1. The molecule has 0 saturated heterocycles. The third-order valence-corrected chi connectivity index (χ3v) is 5.13. The Morgan fingerprint density at radius 1 is 0.897 bits per heavy atom. The van der Waals surface area contributed by atoms with Gasteiger partial charge in [0.1, 0.15) is 5.75 Å². The van der Waals surface area contributed by atoms with Gasteiger partial charge in [-0.25, -0.2) is 0 Å². The zero-order valence-electron chi connectivity index (χ0n) is 20.3. The van der Waals surface area contributed by atoms with Crippen LogP contribution in [0.5, 0.6) is 5.75 Å². The van der Waals surface area contributed by atoms with E-state index in [-0.39, 0.29) is 16.4 Å². The second kappa shape index (κ2) is 9.65. The maximum Gasteiger partial charge on any atom is 0.142 e. The molecule has 0 aliphatic rings. The van der Waals surface area contributed by atoms with Crippen molar-refractivity contribution in [3.63, 3.8) is 0 Å². The van der Waals surface area contributed by atoms with Gasteiger partial charge in [0.2, 0.25) is 0 Å². The lowest BCUT2D eigenvalue weighted by molar-refractivity contribution is 0.439. The minimum absolute atomic E-state index is 0.00224. The van der Waals surface area contributed by atoms with Crippen molar-refractivity contribution in [2.45, 2.75) is 98.4 Å². The van der Waals surface area contributed by atoms with Gasteiger partial charge in [0.05, 0.1) is 16.9 Å². The molecule has 0 aliphatic heterocycles. The smallest absolute Gasteiger partial charge is 0.142 e. The van der Waals surface area contributed by atoms with E-state index in [9.17, 15) is 5.11 Å². The van der Waals surface area contributed by atoms with Crippen molar-refractivity contribution in [2.24, 2.45) is 0 Å². The van der Waals surface area contributed by atoms with Crippen LogP contribution in [-0.2, 0) is 16.4 Å². The standard InChI is InChI=1S/C23H34N2O.C3H8/c1-9-23(8,19-12-10-11-13-24-19)25-18-15-16(21(2,3)4)14-17(20(18)26)22(5,6)7;1-3-2/h10-15,25-26H,9H2,1-8H3;3H2,1-2H3. The van der Waals surface area contributed by atoms with Gasteiger partial charge in [-0.05, 0) is 47.9 Å². The summed E-state index contributed by atoms with van der Waals surface area (Å²) in [5.74, 6) is 0.334. The number of nitrogens with one attached hydrogen (secondary N) is 1. The molecule has 0 fully saturated rings. The Morgan fingerprint density at radius 3 is 1.90 bits per heavy atom.